The van der Waals surface area contributed by atoms with Gasteiger partial charge in [-0.3, -0.25) is 0 Å². The van der Waals surface area contributed by atoms with Crippen LogP contribution >= 0.6 is 0 Å². The lowest BCUT2D eigenvalue weighted by Gasteiger charge is -2.38. The maximum absolute atomic E-state index is 12.7. The molecular formula is C12H25N3O3S. The molecule has 1 aliphatic carbocycles. The first-order valence-corrected chi connectivity index (χ1v) is 8.55. The Kier molecular flexibility index (Phi) is 5.19. The summed E-state index contributed by atoms with van der Waals surface area (Å²) in [5.41, 5.74) is 5.90. The maximum atomic E-state index is 12.7. The van der Waals surface area contributed by atoms with Crippen LogP contribution < -0.4 is 5.73 Å². The Morgan fingerprint density at radius 3 is 2.32 bits per heavy atom. The van der Waals surface area contributed by atoms with Gasteiger partial charge >= 0.3 is 0 Å². The summed E-state index contributed by atoms with van der Waals surface area (Å²) in [5.74, 6) is 0. The summed E-state index contributed by atoms with van der Waals surface area (Å²) < 4.78 is 33.8. The van der Waals surface area contributed by atoms with Crippen molar-refractivity contribution in [2.45, 2.75) is 44.7 Å². The fourth-order valence-electron chi connectivity index (χ4n) is 2.92. The lowest BCUT2D eigenvalue weighted by molar-refractivity contribution is 0.0686. The number of rotatable bonds is 4. The molecule has 2 fully saturated rings. The molecule has 0 amide bonds. The molecule has 112 valence electrons. The van der Waals surface area contributed by atoms with Crippen LogP contribution in [0.25, 0.3) is 0 Å². The second-order valence-corrected chi connectivity index (χ2v) is 7.17. The molecule has 0 bridgehead atoms. The molecule has 6 nitrogen and oxygen atoms in total. The quantitative estimate of drug-likeness (QED) is 0.800. The van der Waals surface area contributed by atoms with E-state index in [4.69, 9.17) is 10.5 Å². The van der Waals surface area contributed by atoms with E-state index in [1.54, 1.807) is 8.61 Å². The molecule has 1 aliphatic heterocycles. The Labute approximate surface area is 116 Å². The molecule has 0 radical (unpaired) electrons. The fraction of sp³-hybridized carbons (Fsp3) is 1.00. The topological polar surface area (TPSA) is 75.9 Å². The lowest BCUT2D eigenvalue weighted by atomic mass is 9.92. The first-order chi connectivity index (χ1) is 9.05. The highest BCUT2D eigenvalue weighted by molar-refractivity contribution is 7.86. The van der Waals surface area contributed by atoms with Crippen molar-refractivity contribution in [2.24, 2.45) is 5.73 Å². The van der Waals surface area contributed by atoms with Crippen molar-refractivity contribution in [1.29, 1.82) is 0 Å². The van der Waals surface area contributed by atoms with Crippen LogP contribution in [0.4, 0.5) is 0 Å². The summed E-state index contributed by atoms with van der Waals surface area (Å²) in [6.45, 7) is 4.35. The lowest BCUT2D eigenvalue weighted by Crippen LogP contribution is -2.52. The molecule has 0 aromatic heterocycles. The van der Waals surface area contributed by atoms with E-state index in [1.165, 1.54) is 0 Å². The van der Waals surface area contributed by atoms with Gasteiger partial charge in [-0.1, -0.05) is 6.92 Å². The van der Waals surface area contributed by atoms with E-state index in [0.717, 1.165) is 25.7 Å². The zero-order chi connectivity index (χ0) is 13.9. The molecule has 19 heavy (non-hydrogen) atoms. The largest absolute Gasteiger partial charge is 0.379 e. The van der Waals surface area contributed by atoms with Crippen molar-refractivity contribution >= 4 is 10.2 Å². The number of ether oxygens (including phenoxy) is 1. The molecule has 0 spiro atoms. The van der Waals surface area contributed by atoms with Crippen LogP contribution in [0.15, 0.2) is 0 Å². The molecule has 7 heteroatoms. The molecule has 1 saturated carbocycles. The van der Waals surface area contributed by atoms with Crippen LogP contribution in [0.3, 0.4) is 0 Å². The van der Waals surface area contributed by atoms with Crippen molar-refractivity contribution in [1.82, 2.24) is 8.61 Å². The van der Waals surface area contributed by atoms with Gasteiger partial charge in [-0.25, -0.2) is 0 Å². The normalized spacial score (nSPS) is 30.7. The van der Waals surface area contributed by atoms with Gasteiger partial charge < -0.3 is 10.5 Å². The summed E-state index contributed by atoms with van der Waals surface area (Å²) >= 11 is 0. The highest BCUT2D eigenvalue weighted by atomic mass is 32.2. The highest BCUT2D eigenvalue weighted by Crippen LogP contribution is 2.25. The second kappa shape index (κ2) is 6.49. The van der Waals surface area contributed by atoms with Gasteiger partial charge in [0.05, 0.1) is 13.2 Å². The van der Waals surface area contributed by atoms with E-state index in [0.29, 0.717) is 32.8 Å². The third-order valence-electron chi connectivity index (χ3n) is 4.05. The number of hydrogen-bond donors (Lipinski definition) is 1. The highest BCUT2D eigenvalue weighted by Gasteiger charge is 2.35. The van der Waals surface area contributed by atoms with Crippen molar-refractivity contribution in [2.75, 3.05) is 32.8 Å². The molecule has 2 N–H and O–H groups in total. The van der Waals surface area contributed by atoms with Crippen LogP contribution in [0.1, 0.15) is 32.6 Å². The summed E-state index contributed by atoms with van der Waals surface area (Å²) in [6, 6.07) is 0.346. The van der Waals surface area contributed by atoms with Crippen LogP contribution in [0, 0.1) is 0 Å². The minimum atomic E-state index is -3.35. The molecule has 0 atom stereocenters. The number of morpholine rings is 1. The van der Waals surface area contributed by atoms with Gasteiger partial charge in [0.2, 0.25) is 0 Å². The first kappa shape index (κ1) is 15.2. The third-order valence-corrected chi connectivity index (χ3v) is 6.22. The average molecular weight is 291 g/mol. The van der Waals surface area contributed by atoms with Gasteiger partial charge in [0.15, 0.2) is 0 Å². The van der Waals surface area contributed by atoms with Crippen molar-refractivity contribution in [3.8, 4) is 0 Å². The zero-order valence-electron chi connectivity index (χ0n) is 11.6. The zero-order valence-corrected chi connectivity index (χ0v) is 12.4. The number of hydrogen-bond acceptors (Lipinski definition) is 4. The van der Waals surface area contributed by atoms with Crippen LogP contribution in [-0.2, 0) is 14.9 Å². The monoisotopic (exact) mass is 291 g/mol. The van der Waals surface area contributed by atoms with Gasteiger partial charge in [-0.15, -0.1) is 0 Å². The first-order valence-electron chi connectivity index (χ1n) is 7.16. The van der Waals surface area contributed by atoms with Crippen LogP contribution in [-0.4, -0.2) is 62.0 Å². The molecular weight excluding hydrogens is 266 g/mol. The van der Waals surface area contributed by atoms with E-state index < -0.39 is 10.2 Å². The van der Waals surface area contributed by atoms with Gasteiger partial charge in [0, 0.05) is 31.7 Å². The van der Waals surface area contributed by atoms with E-state index in [1.807, 2.05) is 6.92 Å². The fourth-order valence-corrected chi connectivity index (χ4v) is 4.75. The van der Waals surface area contributed by atoms with Crippen molar-refractivity contribution < 1.29 is 13.2 Å². The van der Waals surface area contributed by atoms with Crippen molar-refractivity contribution in [3.05, 3.63) is 0 Å². The van der Waals surface area contributed by atoms with Gasteiger partial charge in [-0.2, -0.15) is 17.0 Å². The van der Waals surface area contributed by atoms with Crippen molar-refractivity contribution in [3.63, 3.8) is 0 Å². The SMILES string of the molecule is CCN(C1CCC(N)CC1)S(=O)(=O)N1CCOCC1. The van der Waals surface area contributed by atoms with E-state index in [-0.39, 0.29) is 12.1 Å². The Morgan fingerprint density at radius 2 is 1.79 bits per heavy atom. The summed E-state index contributed by atoms with van der Waals surface area (Å²) in [7, 11) is -3.35. The van der Waals surface area contributed by atoms with E-state index in [9.17, 15) is 8.42 Å². The second-order valence-electron chi connectivity index (χ2n) is 5.29. The summed E-state index contributed by atoms with van der Waals surface area (Å²) in [4.78, 5) is 0. The minimum absolute atomic E-state index is 0.109. The molecule has 2 aliphatic rings. The van der Waals surface area contributed by atoms with E-state index >= 15 is 0 Å². The smallest absolute Gasteiger partial charge is 0.282 e. The maximum Gasteiger partial charge on any atom is 0.282 e. The Hall–Kier alpha value is -0.210. The van der Waals surface area contributed by atoms with E-state index in [2.05, 4.69) is 0 Å². The van der Waals surface area contributed by atoms with Gasteiger partial charge in [-0.05, 0) is 25.7 Å². The molecule has 1 saturated heterocycles. The number of nitrogens with zero attached hydrogens (tertiary/aromatic N) is 2. The Balaban J connectivity index is 2.06. The molecule has 2 rings (SSSR count). The van der Waals surface area contributed by atoms with Crippen LogP contribution in [0.5, 0.6) is 0 Å². The summed E-state index contributed by atoms with van der Waals surface area (Å²) in [6.07, 6.45) is 3.58. The number of nitrogens with two attached hydrogens (primary N) is 1. The van der Waals surface area contributed by atoms with Gasteiger partial charge in [0.25, 0.3) is 10.2 Å². The molecule has 0 aromatic carbocycles. The molecule has 0 unspecified atom stereocenters. The Morgan fingerprint density at radius 1 is 1.21 bits per heavy atom. The standard InChI is InChI=1S/C12H25N3O3S/c1-2-15(12-5-3-11(13)4-6-12)19(16,17)14-7-9-18-10-8-14/h11-12H,2-10,13H2,1H3. The van der Waals surface area contributed by atoms with Crippen LogP contribution in [0.2, 0.25) is 0 Å². The molecule has 1 heterocycles. The average Bonchev–Trinajstić information content (AvgIpc) is 2.42. The molecule has 0 aromatic rings. The third kappa shape index (κ3) is 3.46. The predicted molar refractivity (Wildman–Crippen MR) is 73.9 cm³/mol. The summed E-state index contributed by atoms with van der Waals surface area (Å²) in [5, 5.41) is 0. The van der Waals surface area contributed by atoms with Gasteiger partial charge in [0.1, 0.15) is 0 Å². The Bertz CT molecular complexity index is 374. The minimum Gasteiger partial charge on any atom is -0.379 e. The predicted octanol–water partition coefficient (Wildman–Crippen LogP) is 0.155.